The molecule has 0 aromatic heterocycles. The fourth-order valence-electron chi connectivity index (χ4n) is 2.23. The molecule has 1 aliphatic rings. The van der Waals surface area contributed by atoms with Crippen LogP contribution >= 0.6 is 0 Å². The zero-order chi connectivity index (χ0) is 13.0. The minimum Gasteiger partial charge on any atom is -0.496 e. The van der Waals surface area contributed by atoms with E-state index in [2.05, 4.69) is 11.0 Å². The maximum absolute atomic E-state index is 9.84. The van der Waals surface area contributed by atoms with E-state index in [0.717, 1.165) is 25.3 Å². The van der Waals surface area contributed by atoms with Gasteiger partial charge in [-0.05, 0) is 25.3 Å². The Morgan fingerprint density at radius 1 is 1.39 bits per heavy atom. The fourth-order valence-corrected chi connectivity index (χ4v) is 2.23. The van der Waals surface area contributed by atoms with E-state index < -0.39 is 0 Å². The van der Waals surface area contributed by atoms with Gasteiger partial charge in [0.15, 0.2) is 0 Å². The molecule has 0 amide bonds. The topological polar surface area (TPSA) is 32.7 Å². The van der Waals surface area contributed by atoms with Crippen LogP contribution in [0.3, 0.4) is 0 Å². The van der Waals surface area contributed by atoms with Crippen LogP contribution < -0.4 is 4.74 Å². The van der Waals surface area contributed by atoms with Gasteiger partial charge in [0.05, 0.1) is 13.2 Å². The number of aliphatic hydroxyl groups excluding tert-OH is 1. The van der Waals surface area contributed by atoms with Crippen molar-refractivity contribution in [3.05, 3.63) is 29.8 Å². The first kappa shape index (κ1) is 13.4. The van der Waals surface area contributed by atoms with Gasteiger partial charge in [-0.2, -0.15) is 0 Å². The van der Waals surface area contributed by atoms with Crippen LogP contribution in [0.15, 0.2) is 24.3 Å². The Morgan fingerprint density at radius 2 is 2.11 bits per heavy atom. The molecule has 3 heteroatoms. The number of ether oxygens (including phenoxy) is 1. The molecular weight excluding hydrogens is 226 g/mol. The van der Waals surface area contributed by atoms with Crippen molar-refractivity contribution in [2.45, 2.75) is 44.9 Å². The number of nitrogens with zero attached hydrogens (tertiary/aromatic N) is 1. The predicted octanol–water partition coefficient (Wildman–Crippen LogP) is 2.43. The van der Waals surface area contributed by atoms with Crippen molar-refractivity contribution in [2.24, 2.45) is 0 Å². The third-order valence-corrected chi connectivity index (χ3v) is 3.55. The summed E-state index contributed by atoms with van der Waals surface area (Å²) in [7, 11) is 1.71. The van der Waals surface area contributed by atoms with E-state index in [0.29, 0.717) is 6.04 Å². The summed E-state index contributed by atoms with van der Waals surface area (Å²) in [6.07, 6.45) is 3.10. The highest BCUT2D eigenvalue weighted by Gasteiger charge is 2.30. The van der Waals surface area contributed by atoms with Gasteiger partial charge in [-0.25, -0.2) is 0 Å². The Bertz CT molecular complexity index is 377. The SMILES string of the molecule is CCC(O)CN(Cc1ccccc1OC)C1CC1. The molecule has 1 fully saturated rings. The van der Waals surface area contributed by atoms with Crippen LogP contribution in [0.2, 0.25) is 0 Å². The van der Waals surface area contributed by atoms with Crippen LogP contribution in [0.5, 0.6) is 5.75 Å². The second-order valence-electron chi connectivity index (χ2n) is 5.03. The van der Waals surface area contributed by atoms with Gasteiger partial charge in [-0.3, -0.25) is 4.90 Å². The summed E-state index contributed by atoms with van der Waals surface area (Å²) in [5.41, 5.74) is 1.20. The average molecular weight is 249 g/mol. The molecule has 0 bridgehead atoms. The van der Waals surface area contributed by atoms with Crippen LogP contribution in [-0.4, -0.2) is 35.8 Å². The molecule has 1 atom stereocenters. The summed E-state index contributed by atoms with van der Waals surface area (Å²) in [4.78, 5) is 2.38. The van der Waals surface area contributed by atoms with Crippen LogP contribution in [0.4, 0.5) is 0 Å². The van der Waals surface area contributed by atoms with E-state index >= 15 is 0 Å². The maximum atomic E-state index is 9.84. The smallest absolute Gasteiger partial charge is 0.123 e. The molecule has 0 radical (unpaired) electrons. The van der Waals surface area contributed by atoms with Crippen molar-refractivity contribution >= 4 is 0 Å². The number of para-hydroxylation sites is 1. The number of methoxy groups -OCH3 is 1. The molecule has 1 unspecified atom stereocenters. The van der Waals surface area contributed by atoms with E-state index in [1.165, 1.54) is 18.4 Å². The Kier molecular flexibility index (Phi) is 4.61. The maximum Gasteiger partial charge on any atom is 0.123 e. The Labute approximate surface area is 109 Å². The van der Waals surface area contributed by atoms with Crippen LogP contribution in [0, 0.1) is 0 Å². The van der Waals surface area contributed by atoms with Crippen LogP contribution in [0.25, 0.3) is 0 Å². The highest BCUT2D eigenvalue weighted by Crippen LogP contribution is 2.30. The lowest BCUT2D eigenvalue weighted by Crippen LogP contribution is -2.33. The second kappa shape index (κ2) is 6.21. The van der Waals surface area contributed by atoms with Gasteiger partial charge in [0.25, 0.3) is 0 Å². The molecule has 1 saturated carbocycles. The van der Waals surface area contributed by atoms with Crippen molar-refractivity contribution in [3.63, 3.8) is 0 Å². The molecule has 1 aliphatic carbocycles. The highest BCUT2D eigenvalue weighted by atomic mass is 16.5. The average Bonchev–Trinajstić information content (AvgIpc) is 3.22. The number of aliphatic hydroxyl groups is 1. The predicted molar refractivity (Wildman–Crippen MR) is 72.7 cm³/mol. The summed E-state index contributed by atoms with van der Waals surface area (Å²) < 4.78 is 5.39. The summed E-state index contributed by atoms with van der Waals surface area (Å²) >= 11 is 0. The minimum absolute atomic E-state index is 0.222. The normalized spacial score (nSPS) is 16.9. The van der Waals surface area contributed by atoms with E-state index in [9.17, 15) is 5.11 Å². The van der Waals surface area contributed by atoms with Gasteiger partial charge >= 0.3 is 0 Å². The summed E-state index contributed by atoms with van der Waals surface area (Å²) in [6.45, 7) is 3.66. The molecule has 0 heterocycles. The molecule has 18 heavy (non-hydrogen) atoms. The molecule has 1 aromatic rings. The third-order valence-electron chi connectivity index (χ3n) is 3.55. The lowest BCUT2D eigenvalue weighted by atomic mass is 10.1. The number of rotatable bonds is 7. The molecule has 3 nitrogen and oxygen atoms in total. The largest absolute Gasteiger partial charge is 0.496 e. The fraction of sp³-hybridized carbons (Fsp3) is 0.600. The Hall–Kier alpha value is -1.06. The van der Waals surface area contributed by atoms with Gasteiger partial charge in [0.1, 0.15) is 5.75 Å². The van der Waals surface area contributed by atoms with E-state index in [1.807, 2.05) is 25.1 Å². The summed E-state index contributed by atoms with van der Waals surface area (Å²) in [5, 5.41) is 9.84. The van der Waals surface area contributed by atoms with Gasteiger partial charge in [0, 0.05) is 24.7 Å². The van der Waals surface area contributed by atoms with Gasteiger partial charge < -0.3 is 9.84 Å². The van der Waals surface area contributed by atoms with Crippen molar-refractivity contribution in [1.82, 2.24) is 4.90 Å². The van der Waals surface area contributed by atoms with E-state index in [-0.39, 0.29) is 6.10 Å². The molecular formula is C15H23NO2. The molecule has 100 valence electrons. The first-order chi connectivity index (χ1) is 8.74. The van der Waals surface area contributed by atoms with Gasteiger partial charge in [-0.1, -0.05) is 25.1 Å². The van der Waals surface area contributed by atoms with E-state index in [4.69, 9.17) is 4.74 Å². The summed E-state index contributed by atoms with van der Waals surface area (Å²) in [5.74, 6) is 0.939. The van der Waals surface area contributed by atoms with Gasteiger partial charge in [-0.15, -0.1) is 0 Å². The quantitative estimate of drug-likeness (QED) is 0.805. The second-order valence-corrected chi connectivity index (χ2v) is 5.03. The Balaban J connectivity index is 2.03. The zero-order valence-corrected chi connectivity index (χ0v) is 11.3. The standard InChI is InChI=1S/C15H23NO2/c1-3-14(17)11-16(13-8-9-13)10-12-6-4-5-7-15(12)18-2/h4-7,13-14,17H,3,8-11H2,1-2H3. The minimum atomic E-state index is -0.222. The molecule has 1 N–H and O–H groups in total. The van der Waals surface area contributed by atoms with Crippen molar-refractivity contribution in [1.29, 1.82) is 0 Å². The number of benzene rings is 1. The third kappa shape index (κ3) is 3.47. The number of hydrogen-bond donors (Lipinski definition) is 1. The van der Waals surface area contributed by atoms with E-state index in [1.54, 1.807) is 7.11 Å². The lowest BCUT2D eigenvalue weighted by molar-refractivity contribution is 0.100. The lowest BCUT2D eigenvalue weighted by Gasteiger charge is -2.25. The molecule has 0 aliphatic heterocycles. The highest BCUT2D eigenvalue weighted by molar-refractivity contribution is 5.33. The summed E-state index contributed by atoms with van der Waals surface area (Å²) in [6, 6.07) is 8.78. The molecule has 2 rings (SSSR count). The monoisotopic (exact) mass is 249 g/mol. The van der Waals surface area contributed by atoms with Crippen molar-refractivity contribution in [2.75, 3.05) is 13.7 Å². The first-order valence-electron chi connectivity index (χ1n) is 6.78. The van der Waals surface area contributed by atoms with Crippen molar-refractivity contribution in [3.8, 4) is 5.75 Å². The first-order valence-corrected chi connectivity index (χ1v) is 6.78. The van der Waals surface area contributed by atoms with Crippen molar-refractivity contribution < 1.29 is 9.84 Å². The zero-order valence-electron chi connectivity index (χ0n) is 11.3. The van der Waals surface area contributed by atoms with Gasteiger partial charge in [0.2, 0.25) is 0 Å². The number of hydrogen-bond acceptors (Lipinski definition) is 3. The molecule has 0 spiro atoms. The Morgan fingerprint density at radius 3 is 2.72 bits per heavy atom. The van der Waals surface area contributed by atoms with Crippen LogP contribution in [0.1, 0.15) is 31.7 Å². The molecule has 1 aromatic carbocycles. The van der Waals surface area contributed by atoms with Crippen LogP contribution in [-0.2, 0) is 6.54 Å². The molecule has 0 saturated heterocycles.